The summed E-state index contributed by atoms with van der Waals surface area (Å²) in [6.45, 7) is 2.22. The molecule has 160 valence electrons. The summed E-state index contributed by atoms with van der Waals surface area (Å²) in [6, 6.07) is 15.5. The lowest BCUT2D eigenvalue weighted by molar-refractivity contribution is -0.384. The summed E-state index contributed by atoms with van der Waals surface area (Å²) < 4.78 is 23.1. The first kappa shape index (κ1) is 20.7. The van der Waals surface area contributed by atoms with Gasteiger partial charge in [-0.25, -0.2) is 23.5 Å². The van der Waals surface area contributed by atoms with Crippen LogP contribution in [-0.4, -0.2) is 49.5 Å². The third kappa shape index (κ3) is 4.47. The summed E-state index contributed by atoms with van der Waals surface area (Å²) in [5.41, 5.74) is 1.90. The summed E-state index contributed by atoms with van der Waals surface area (Å²) >= 11 is 0. The molecule has 31 heavy (non-hydrogen) atoms. The smallest absolute Gasteiger partial charge is 0.293 e. The summed E-state index contributed by atoms with van der Waals surface area (Å²) in [7, 11) is -4.02. The van der Waals surface area contributed by atoms with E-state index in [1.54, 1.807) is 0 Å². The molecular weight excluding hydrogens is 420 g/mol. The number of benzene rings is 2. The Hall–Kier alpha value is -3.57. The Morgan fingerprint density at radius 2 is 1.61 bits per heavy atom. The number of nitro benzene ring substituents is 1. The molecule has 1 saturated heterocycles. The SMILES string of the molecule is NS(=O)(=O)c1ccc(N2CCN(c3cc(-c4ccccc4)ncn3)CC2)c([N+](=O)[O-])c1. The van der Waals surface area contributed by atoms with E-state index in [-0.39, 0.29) is 10.6 Å². The lowest BCUT2D eigenvalue weighted by Crippen LogP contribution is -2.47. The van der Waals surface area contributed by atoms with Crippen LogP contribution in [0.2, 0.25) is 0 Å². The van der Waals surface area contributed by atoms with Crippen molar-refractivity contribution in [2.24, 2.45) is 5.14 Å². The fraction of sp³-hybridized carbons (Fsp3) is 0.200. The van der Waals surface area contributed by atoms with Crippen molar-refractivity contribution in [3.63, 3.8) is 0 Å². The molecule has 2 heterocycles. The zero-order valence-electron chi connectivity index (χ0n) is 16.5. The van der Waals surface area contributed by atoms with Gasteiger partial charge in [-0.1, -0.05) is 30.3 Å². The van der Waals surface area contributed by atoms with Gasteiger partial charge in [0.05, 0.1) is 15.5 Å². The quantitative estimate of drug-likeness (QED) is 0.470. The highest BCUT2D eigenvalue weighted by Gasteiger charge is 2.26. The van der Waals surface area contributed by atoms with Crippen LogP contribution in [-0.2, 0) is 10.0 Å². The summed E-state index contributed by atoms with van der Waals surface area (Å²) in [6.07, 6.45) is 1.53. The van der Waals surface area contributed by atoms with Crippen molar-refractivity contribution in [2.45, 2.75) is 4.90 Å². The van der Waals surface area contributed by atoms with Gasteiger partial charge in [0, 0.05) is 43.9 Å². The molecule has 1 aliphatic rings. The molecule has 0 unspecified atom stereocenters. The molecule has 0 bridgehead atoms. The first-order valence-corrected chi connectivity index (χ1v) is 11.1. The summed E-state index contributed by atoms with van der Waals surface area (Å²) in [5, 5.41) is 16.6. The van der Waals surface area contributed by atoms with Crippen LogP contribution < -0.4 is 14.9 Å². The molecule has 3 aromatic rings. The maximum absolute atomic E-state index is 11.5. The van der Waals surface area contributed by atoms with E-state index in [2.05, 4.69) is 14.9 Å². The van der Waals surface area contributed by atoms with Crippen molar-refractivity contribution in [2.75, 3.05) is 36.0 Å². The lowest BCUT2D eigenvalue weighted by Gasteiger charge is -2.36. The maximum Gasteiger partial charge on any atom is 0.293 e. The number of nitrogens with two attached hydrogens (primary N) is 1. The Balaban J connectivity index is 1.53. The van der Waals surface area contributed by atoms with Gasteiger partial charge in [-0.2, -0.15) is 0 Å². The van der Waals surface area contributed by atoms with Crippen LogP contribution >= 0.6 is 0 Å². The minimum atomic E-state index is -4.02. The highest BCUT2D eigenvalue weighted by Crippen LogP contribution is 2.32. The van der Waals surface area contributed by atoms with Crippen molar-refractivity contribution in [3.05, 3.63) is 71.0 Å². The molecule has 10 nitrogen and oxygen atoms in total. The number of hydrogen-bond acceptors (Lipinski definition) is 8. The van der Waals surface area contributed by atoms with E-state index in [1.807, 2.05) is 41.3 Å². The van der Waals surface area contributed by atoms with Gasteiger partial charge in [0.2, 0.25) is 10.0 Å². The topological polar surface area (TPSA) is 136 Å². The summed E-state index contributed by atoms with van der Waals surface area (Å²) in [4.78, 5) is 23.3. The zero-order chi connectivity index (χ0) is 22.0. The highest BCUT2D eigenvalue weighted by molar-refractivity contribution is 7.89. The number of anilines is 2. The molecule has 0 saturated carbocycles. The minimum Gasteiger partial charge on any atom is -0.362 e. The number of sulfonamides is 1. The number of nitro groups is 1. The molecule has 4 rings (SSSR count). The Labute approximate surface area is 179 Å². The summed E-state index contributed by atoms with van der Waals surface area (Å²) in [5.74, 6) is 0.785. The van der Waals surface area contributed by atoms with E-state index in [0.717, 1.165) is 23.1 Å². The van der Waals surface area contributed by atoms with E-state index in [4.69, 9.17) is 5.14 Å². The molecule has 0 amide bonds. The second kappa shape index (κ2) is 8.28. The molecule has 1 aliphatic heterocycles. The van der Waals surface area contributed by atoms with Crippen LogP contribution in [0.3, 0.4) is 0 Å². The first-order valence-electron chi connectivity index (χ1n) is 9.51. The van der Waals surface area contributed by atoms with Crippen molar-refractivity contribution in [3.8, 4) is 11.3 Å². The van der Waals surface area contributed by atoms with Crippen molar-refractivity contribution in [1.82, 2.24) is 9.97 Å². The van der Waals surface area contributed by atoms with Gasteiger partial charge in [0.15, 0.2) is 0 Å². The predicted octanol–water partition coefficient (Wildman–Crippen LogP) is 2.03. The Morgan fingerprint density at radius 1 is 0.935 bits per heavy atom. The number of nitrogens with zero attached hydrogens (tertiary/aromatic N) is 5. The Kier molecular flexibility index (Phi) is 5.53. The van der Waals surface area contributed by atoms with Crippen LogP contribution in [0, 0.1) is 10.1 Å². The van der Waals surface area contributed by atoms with Gasteiger partial charge >= 0.3 is 0 Å². The predicted molar refractivity (Wildman–Crippen MR) is 116 cm³/mol. The zero-order valence-corrected chi connectivity index (χ0v) is 17.3. The number of piperazine rings is 1. The number of hydrogen-bond donors (Lipinski definition) is 1. The molecule has 11 heteroatoms. The van der Waals surface area contributed by atoms with Crippen molar-refractivity contribution in [1.29, 1.82) is 0 Å². The monoisotopic (exact) mass is 440 g/mol. The molecule has 0 atom stereocenters. The fourth-order valence-electron chi connectivity index (χ4n) is 3.56. The number of primary sulfonamides is 1. The van der Waals surface area contributed by atoms with Crippen LogP contribution in [0.4, 0.5) is 17.2 Å². The van der Waals surface area contributed by atoms with E-state index >= 15 is 0 Å². The molecule has 0 radical (unpaired) electrons. The van der Waals surface area contributed by atoms with E-state index < -0.39 is 14.9 Å². The van der Waals surface area contributed by atoms with Crippen molar-refractivity contribution >= 4 is 27.2 Å². The lowest BCUT2D eigenvalue weighted by atomic mass is 10.1. The van der Waals surface area contributed by atoms with E-state index in [0.29, 0.717) is 31.9 Å². The highest BCUT2D eigenvalue weighted by atomic mass is 32.2. The second-order valence-corrected chi connectivity index (χ2v) is 8.62. The van der Waals surface area contributed by atoms with Crippen molar-refractivity contribution < 1.29 is 13.3 Å². The number of rotatable bonds is 5. The Morgan fingerprint density at radius 3 is 2.26 bits per heavy atom. The Bertz CT molecular complexity index is 1210. The van der Waals surface area contributed by atoms with Gasteiger partial charge < -0.3 is 9.80 Å². The van der Waals surface area contributed by atoms with Crippen LogP contribution in [0.1, 0.15) is 0 Å². The fourth-order valence-corrected chi connectivity index (χ4v) is 4.09. The first-order chi connectivity index (χ1) is 14.8. The van der Waals surface area contributed by atoms with Crippen LogP contribution in [0.15, 0.2) is 65.8 Å². The van der Waals surface area contributed by atoms with Gasteiger partial charge in [-0.05, 0) is 12.1 Å². The van der Waals surface area contributed by atoms with Gasteiger partial charge in [0.25, 0.3) is 5.69 Å². The van der Waals surface area contributed by atoms with Crippen LogP contribution in [0.5, 0.6) is 0 Å². The number of aromatic nitrogens is 2. The standard InChI is InChI=1S/C20H20N6O4S/c21-31(29,30)16-6-7-18(19(12-16)26(27)28)24-8-10-25(11-9-24)20-13-17(22-14-23-20)15-4-2-1-3-5-15/h1-7,12-14H,8-11H2,(H2,21,29,30). The molecule has 0 aliphatic carbocycles. The van der Waals surface area contributed by atoms with E-state index in [1.165, 1.54) is 18.5 Å². The van der Waals surface area contributed by atoms with E-state index in [9.17, 15) is 18.5 Å². The molecule has 1 aromatic heterocycles. The third-order valence-electron chi connectivity index (χ3n) is 5.14. The van der Waals surface area contributed by atoms with Gasteiger partial charge in [-0.3, -0.25) is 10.1 Å². The average molecular weight is 440 g/mol. The van der Waals surface area contributed by atoms with Crippen LogP contribution in [0.25, 0.3) is 11.3 Å². The molecule has 0 spiro atoms. The molecule has 2 aromatic carbocycles. The largest absolute Gasteiger partial charge is 0.362 e. The molecular formula is C20H20N6O4S. The third-order valence-corrected chi connectivity index (χ3v) is 6.05. The second-order valence-electron chi connectivity index (χ2n) is 7.05. The van der Waals surface area contributed by atoms with Gasteiger partial charge in [0.1, 0.15) is 17.8 Å². The van der Waals surface area contributed by atoms with Gasteiger partial charge in [-0.15, -0.1) is 0 Å². The minimum absolute atomic E-state index is 0.281. The molecule has 1 fully saturated rings. The average Bonchev–Trinajstić information content (AvgIpc) is 2.79. The maximum atomic E-state index is 11.5. The molecule has 2 N–H and O–H groups in total. The normalized spacial score (nSPS) is 14.5.